The third-order valence-corrected chi connectivity index (χ3v) is 3.27. The number of hydrogen-bond acceptors (Lipinski definition) is 3. The number of benzene rings is 2. The van der Waals surface area contributed by atoms with Crippen LogP contribution in [0.15, 0.2) is 61.2 Å². The number of nitrogens with one attached hydrogen (secondary N) is 2. The topological polar surface area (TPSA) is 50.4 Å². The number of carbonyl (C=O) groups excluding carboxylic acids is 1. The average molecular weight is 347 g/mol. The molecular formula is C17H15ClN2O2S. The van der Waals surface area contributed by atoms with Gasteiger partial charge in [0.1, 0.15) is 12.4 Å². The summed E-state index contributed by atoms with van der Waals surface area (Å²) in [5, 5.41) is 6.32. The Balaban J connectivity index is 1.90. The predicted octanol–water partition coefficient (Wildman–Crippen LogP) is 4.03. The van der Waals surface area contributed by atoms with Crippen molar-refractivity contribution in [1.82, 2.24) is 5.32 Å². The van der Waals surface area contributed by atoms with Crippen molar-refractivity contribution >= 4 is 40.5 Å². The highest BCUT2D eigenvalue weighted by molar-refractivity contribution is 7.80. The van der Waals surface area contributed by atoms with E-state index in [-0.39, 0.29) is 11.0 Å². The molecule has 2 aromatic carbocycles. The van der Waals surface area contributed by atoms with Gasteiger partial charge in [-0.25, -0.2) is 0 Å². The molecule has 0 radical (unpaired) electrons. The summed E-state index contributed by atoms with van der Waals surface area (Å²) in [7, 11) is 0. The Morgan fingerprint density at radius 1 is 1.17 bits per heavy atom. The Kier molecular flexibility index (Phi) is 6.14. The molecule has 0 bridgehead atoms. The second-order valence-corrected chi connectivity index (χ2v) is 5.38. The predicted molar refractivity (Wildman–Crippen MR) is 97.3 cm³/mol. The highest BCUT2D eigenvalue weighted by Gasteiger charge is 2.07. The molecule has 0 fully saturated rings. The number of thiocarbonyl (C=S) groups is 1. The Hall–Kier alpha value is -2.37. The van der Waals surface area contributed by atoms with Crippen LogP contribution in [0.2, 0.25) is 5.02 Å². The van der Waals surface area contributed by atoms with Crippen LogP contribution in [0.3, 0.4) is 0 Å². The van der Waals surface area contributed by atoms with Crippen LogP contribution in [-0.2, 0) is 0 Å². The lowest BCUT2D eigenvalue weighted by Gasteiger charge is -2.10. The van der Waals surface area contributed by atoms with Crippen LogP contribution in [0.1, 0.15) is 10.4 Å². The zero-order valence-electron chi connectivity index (χ0n) is 12.2. The Morgan fingerprint density at radius 2 is 1.83 bits per heavy atom. The lowest BCUT2D eigenvalue weighted by atomic mass is 10.2. The van der Waals surface area contributed by atoms with Crippen molar-refractivity contribution in [1.29, 1.82) is 0 Å². The summed E-state index contributed by atoms with van der Waals surface area (Å²) in [6.45, 7) is 4.03. The second-order valence-electron chi connectivity index (χ2n) is 4.54. The first kappa shape index (κ1) is 17.0. The normalized spacial score (nSPS) is 9.78. The number of rotatable bonds is 5. The third-order valence-electron chi connectivity index (χ3n) is 2.81. The van der Waals surface area contributed by atoms with E-state index in [4.69, 9.17) is 28.6 Å². The van der Waals surface area contributed by atoms with Crippen LogP contribution < -0.4 is 15.4 Å². The quantitative estimate of drug-likeness (QED) is 0.634. The van der Waals surface area contributed by atoms with E-state index in [9.17, 15) is 4.79 Å². The van der Waals surface area contributed by atoms with Crippen molar-refractivity contribution < 1.29 is 9.53 Å². The number of halogens is 1. The molecular weight excluding hydrogens is 332 g/mol. The van der Waals surface area contributed by atoms with Gasteiger partial charge in [-0.2, -0.15) is 0 Å². The maximum Gasteiger partial charge on any atom is 0.257 e. The molecule has 0 aliphatic heterocycles. The van der Waals surface area contributed by atoms with Crippen LogP contribution in [0, 0.1) is 0 Å². The van der Waals surface area contributed by atoms with E-state index in [2.05, 4.69) is 17.2 Å². The van der Waals surface area contributed by atoms with Gasteiger partial charge < -0.3 is 10.1 Å². The first-order valence-electron chi connectivity index (χ1n) is 6.80. The molecule has 2 aromatic rings. The SMILES string of the molecule is C=CCOc1ccc(NC(=S)NC(=O)c2ccc(Cl)cc2)cc1. The van der Waals surface area contributed by atoms with Gasteiger partial charge in [0.2, 0.25) is 0 Å². The van der Waals surface area contributed by atoms with Crippen molar-refractivity contribution in [3.63, 3.8) is 0 Å². The summed E-state index contributed by atoms with van der Waals surface area (Å²) in [5.74, 6) is 0.427. The molecule has 0 heterocycles. The molecule has 0 aliphatic carbocycles. The van der Waals surface area contributed by atoms with Gasteiger partial charge in [-0.1, -0.05) is 24.3 Å². The van der Waals surface area contributed by atoms with Crippen LogP contribution >= 0.6 is 23.8 Å². The summed E-state index contributed by atoms with van der Waals surface area (Å²) in [4.78, 5) is 12.0. The molecule has 0 aliphatic rings. The molecule has 2 N–H and O–H groups in total. The number of anilines is 1. The Morgan fingerprint density at radius 3 is 2.43 bits per heavy atom. The lowest BCUT2D eigenvalue weighted by Crippen LogP contribution is -2.34. The molecule has 0 aromatic heterocycles. The number of hydrogen-bond donors (Lipinski definition) is 2. The average Bonchev–Trinajstić information content (AvgIpc) is 2.54. The van der Waals surface area contributed by atoms with Crippen LogP contribution in [0.25, 0.3) is 0 Å². The molecule has 0 spiro atoms. The minimum absolute atomic E-state index is 0.213. The standard InChI is InChI=1S/C17H15ClN2O2S/c1-2-11-22-15-9-7-14(8-10-15)19-17(23)20-16(21)12-3-5-13(18)6-4-12/h2-10H,1,11H2,(H2,19,20,21,23). The molecule has 23 heavy (non-hydrogen) atoms. The number of carbonyl (C=O) groups is 1. The van der Waals surface area contributed by atoms with E-state index in [0.717, 1.165) is 11.4 Å². The summed E-state index contributed by atoms with van der Waals surface area (Å²) >= 11 is 10.9. The van der Waals surface area contributed by atoms with Crippen molar-refractivity contribution in [3.05, 3.63) is 71.8 Å². The second kappa shape index (κ2) is 8.31. The van der Waals surface area contributed by atoms with E-state index >= 15 is 0 Å². The monoisotopic (exact) mass is 346 g/mol. The number of ether oxygens (including phenoxy) is 1. The fraction of sp³-hybridized carbons (Fsp3) is 0.0588. The molecule has 2 rings (SSSR count). The van der Waals surface area contributed by atoms with Crippen LogP contribution in [-0.4, -0.2) is 17.6 Å². The van der Waals surface area contributed by atoms with Crippen molar-refractivity contribution in [2.75, 3.05) is 11.9 Å². The molecule has 0 atom stereocenters. The van der Waals surface area contributed by atoms with E-state index in [1.165, 1.54) is 0 Å². The first-order chi connectivity index (χ1) is 11.1. The lowest BCUT2D eigenvalue weighted by molar-refractivity contribution is 0.0978. The van der Waals surface area contributed by atoms with Crippen LogP contribution in [0.4, 0.5) is 5.69 Å². The Bertz CT molecular complexity index is 700. The van der Waals surface area contributed by atoms with Gasteiger partial charge >= 0.3 is 0 Å². The number of amides is 1. The fourth-order valence-corrected chi connectivity index (χ4v) is 2.07. The van der Waals surface area contributed by atoms with Crippen LogP contribution in [0.5, 0.6) is 5.75 Å². The summed E-state index contributed by atoms with van der Waals surface area (Å²) in [5.41, 5.74) is 1.23. The summed E-state index contributed by atoms with van der Waals surface area (Å²) in [6.07, 6.45) is 1.67. The third kappa shape index (κ3) is 5.39. The van der Waals surface area contributed by atoms with Gasteiger partial charge in [0, 0.05) is 16.3 Å². The van der Waals surface area contributed by atoms with Gasteiger partial charge in [-0.05, 0) is 60.7 Å². The van der Waals surface area contributed by atoms with Gasteiger partial charge in [0.25, 0.3) is 5.91 Å². The van der Waals surface area contributed by atoms with Gasteiger partial charge in [-0.15, -0.1) is 0 Å². The largest absolute Gasteiger partial charge is 0.490 e. The van der Waals surface area contributed by atoms with Crippen molar-refractivity contribution in [2.24, 2.45) is 0 Å². The zero-order chi connectivity index (χ0) is 16.7. The highest BCUT2D eigenvalue weighted by atomic mass is 35.5. The van der Waals surface area contributed by atoms with Gasteiger partial charge in [-0.3, -0.25) is 10.1 Å². The van der Waals surface area contributed by atoms with Crippen molar-refractivity contribution in [3.8, 4) is 5.75 Å². The molecule has 1 amide bonds. The first-order valence-corrected chi connectivity index (χ1v) is 7.59. The van der Waals surface area contributed by atoms with E-state index in [0.29, 0.717) is 17.2 Å². The van der Waals surface area contributed by atoms with Gasteiger partial charge in [0.15, 0.2) is 5.11 Å². The zero-order valence-corrected chi connectivity index (χ0v) is 13.8. The van der Waals surface area contributed by atoms with E-state index < -0.39 is 0 Å². The summed E-state index contributed by atoms with van der Waals surface area (Å²) < 4.78 is 5.39. The maximum atomic E-state index is 12.0. The maximum absolute atomic E-state index is 12.0. The summed E-state index contributed by atoms with van der Waals surface area (Å²) in [6, 6.07) is 13.8. The highest BCUT2D eigenvalue weighted by Crippen LogP contribution is 2.15. The van der Waals surface area contributed by atoms with E-state index in [1.54, 1.807) is 54.6 Å². The molecule has 6 heteroatoms. The fourth-order valence-electron chi connectivity index (χ4n) is 1.73. The molecule has 4 nitrogen and oxygen atoms in total. The van der Waals surface area contributed by atoms with Crippen molar-refractivity contribution in [2.45, 2.75) is 0 Å². The minimum atomic E-state index is -0.301. The molecule has 0 saturated carbocycles. The van der Waals surface area contributed by atoms with E-state index in [1.807, 2.05) is 0 Å². The minimum Gasteiger partial charge on any atom is -0.490 e. The Labute approximate surface area is 145 Å². The molecule has 0 unspecified atom stereocenters. The molecule has 0 saturated heterocycles. The molecule has 118 valence electrons. The van der Waals surface area contributed by atoms with Gasteiger partial charge in [0.05, 0.1) is 0 Å². The smallest absolute Gasteiger partial charge is 0.257 e.